The number of carbonyl (C=O) groups excluding carboxylic acids is 1. The van der Waals surface area contributed by atoms with Crippen LogP contribution in [-0.2, 0) is 17.6 Å². The minimum absolute atomic E-state index is 0.0647. The van der Waals surface area contributed by atoms with Crippen molar-refractivity contribution in [1.82, 2.24) is 4.98 Å². The summed E-state index contributed by atoms with van der Waals surface area (Å²) >= 11 is 3.00. The van der Waals surface area contributed by atoms with E-state index in [4.69, 9.17) is 0 Å². The molecular formula is C16H13FN2OS2. The van der Waals surface area contributed by atoms with Crippen LogP contribution in [-0.4, -0.2) is 10.9 Å². The summed E-state index contributed by atoms with van der Waals surface area (Å²) in [4.78, 5) is 18.2. The Hall–Kier alpha value is -2.05. The van der Waals surface area contributed by atoms with Crippen LogP contribution in [0, 0.1) is 5.82 Å². The molecule has 1 aromatic carbocycles. The Morgan fingerprint density at radius 3 is 2.73 bits per heavy atom. The lowest BCUT2D eigenvalue weighted by molar-refractivity contribution is -0.115. The fourth-order valence-electron chi connectivity index (χ4n) is 1.99. The maximum Gasteiger partial charge on any atom is 0.231 e. The molecule has 1 amide bonds. The molecule has 0 atom stereocenters. The number of anilines is 1. The predicted octanol–water partition coefficient (Wildman–Crippen LogP) is 4.12. The summed E-state index contributed by atoms with van der Waals surface area (Å²) in [6.07, 6.45) is 2.79. The zero-order chi connectivity index (χ0) is 15.4. The number of nitrogens with zero attached hydrogens (tertiary/aromatic N) is 1. The Morgan fingerprint density at radius 1 is 1.18 bits per heavy atom. The second kappa shape index (κ2) is 6.81. The summed E-state index contributed by atoms with van der Waals surface area (Å²) in [6, 6.07) is 10.3. The summed E-state index contributed by atoms with van der Waals surface area (Å²) in [5.41, 5.74) is 1.02. The van der Waals surface area contributed by atoms with Crippen LogP contribution in [0.5, 0.6) is 0 Å². The van der Waals surface area contributed by atoms with Gasteiger partial charge in [-0.2, -0.15) is 0 Å². The SMILES string of the molecule is O=C(Cc1cccs1)Nc1ncc(Cc2ccc(F)cc2)s1. The third-order valence-corrected chi connectivity index (χ3v) is 4.80. The molecule has 6 heteroatoms. The van der Waals surface area contributed by atoms with Gasteiger partial charge >= 0.3 is 0 Å². The van der Waals surface area contributed by atoms with E-state index in [-0.39, 0.29) is 11.7 Å². The molecule has 3 rings (SSSR count). The number of hydrogen-bond donors (Lipinski definition) is 1. The fourth-order valence-corrected chi connectivity index (χ4v) is 3.55. The van der Waals surface area contributed by atoms with Gasteiger partial charge in [0.05, 0.1) is 6.42 Å². The quantitative estimate of drug-likeness (QED) is 0.764. The Bertz CT molecular complexity index is 751. The van der Waals surface area contributed by atoms with E-state index < -0.39 is 0 Å². The van der Waals surface area contributed by atoms with Crippen molar-refractivity contribution in [3.05, 3.63) is 69.1 Å². The maximum absolute atomic E-state index is 12.9. The van der Waals surface area contributed by atoms with Crippen molar-refractivity contribution >= 4 is 33.7 Å². The molecule has 0 spiro atoms. The van der Waals surface area contributed by atoms with Gasteiger partial charge in [-0.3, -0.25) is 4.79 Å². The van der Waals surface area contributed by atoms with Crippen molar-refractivity contribution in [1.29, 1.82) is 0 Å². The van der Waals surface area contributed by atoms with Crippen molar-refractivity contribution in [2.45, 2.75) is 12.8 Å². The summed E-state index contributed by atoms with van der Waals surface area (Å²) < 4.78 is 12.9. The van der Waals surface area contributed by atoms with Crippen LogP contribution in [0.2, 0.25) is 0 Å². The highest BCUT2D eigenvalue weighted by atomic mass is 32.1. The van der Waals surface area contributed by atoms with E-state index in [9.17, 15) is 9.18 Å². The minimum Gasteiger partial charge on any atom is -0.302 e. The molecular weight excluding hydrogens is 319 g/mol. The van der Waals surface area contributed by atoms with E-state index in [1.54, 1.807) is 29.7 Å². The first-order valence-corrected chi connectivity index (χ1v) is 8.40. The van der Waals surface area contributed by atoms with Crippen LogP contribution in [0.25, 0.3) is 0 Å². The normalized spacial score (nSPS) is 10.6. The summed E-state index contributed by atoms with van der Waals surface area (Å²) in [6.45, 7) is 0. The average Bonchev–Trinajstić information content (AvgIpc) is 3.14. The molecule has 0 aliphatic heterocycles. The summed E-state index contributed by atoms with van der Waals surface area (Å²) in [5.74, 6) is -0.306. The number of aromatic nitrogens is 1. The van der Waals surface area contributed by atoms with Gasteiger partial charge in [0.1, 0.15) is 5.82 Å². The van der Waals surface area contributed by atoms with Crippen LogP contribution < -0.4 is 5.32 Å². The van der Waals surface area contributed by atoms with Crippen molar-refractivity contribution < 1.29 is 9.18 Å². The highest BCUT2D eigenvalue weighted by Crippen LogP contribution is 2.21. The summed E-state index contributed by atoms with van der Waals surface area (Å²) in [7, 11) is 0. The molecule has 0 fully saturated rings. The van der Waals surface area contributed by atoms with E-state index >= 15 is 0 Å². The van der Waals surface area contributed by atoms with E-state index in [2.05, 4.69) is 10.3 Å². The van der Waals surface area contributed by atoms with Crippen LogP contribution in [0.15, 0.2) is 48.0 Å². The first kappa shape index (κ1) is 14.9. The molecule has 0 unspecified atom stereocenters. The Labute approximate surface area is 135 Å². The number of thiophene rings is 1. The molecule has 2 heterocycles. The zero-order valence-electron chi connectivity index (χ0n) is 11.6. The second-order valence-electron chi connectivity index (χ2n) is 4.74. The van der Waals surface area contributed by atoms with Crippen LogP contribution >= 0.6 is 22.7 Å². The molecule has 0 saturated heterocycles. The molecule has 0 aliphatic rings. The maximum atomic E-state index is 12.9. The first-order valence-electron chi connectivity index (χ1n) is 6.70. The summed E-state index contributed by atoms with van der Waals surface area (Å²) in [5, 5.41) is 5.36. The van der Waals surface area contributed by atoms with Crippen molar-refractivity contribution in [3.8, 4) is 0 Å². The standard InChI is InChI=1S/C16H13FN2OS2/c17-12-5-3-11(4-6-12)8-14-10-18-16(22-14)19-15(20)9-13-2-1-7-21-13/h1-7,10H,8-9H2,(H,18,19,20). The molecule has 3 nitrogen and oxygen atoms in total. The molecule has 0 saturated carbocycles. The lowest BCUT2D eigenvalue weighted by atomic mass is 10.1. The van der Waals surface area contributed by atoms with Gasteiger partial charge in [-0.15, -0.1) is 22.7 Å². The van der Waals surface area contributed by atoms with Crippen molar-refractivity contribution in [2.24, 2.45) is 0 Å². The van der Waals surface area contributed by atoms with Crippen LogP contribution in [0.3, 0.4) is 0 Å². The fraction of sp³-hybridized carbons (Fsp3) is 0.125. The second-order valence-corrected chi connectivity index (χ2v) is 6.89. The van der Waals surface area contributed by atoms with Crippen LogP contribution in [0.4, 0.5) is 9.52 Å². The predicted molar refractivity (Wildman–Crippen MR) is 88.0 cm³/mol. The number of hydrogen-bond acceptors (Lipinski definition) is 4. The molecule has 0 bridgehead atoms. The van der Waals surface area contributed by atoms with Gasteiger partial charge in [0.25, 0.3) is 0 Å². The van der Waals surface area contributed by atoms with E-state index in [0.29, 0.717) is 18.0 Å². The smallest absolute Gasteiger partial charge is 0.231 e. The number of thiazole rings is 1. The molecule has 22 heavy (non-hydrogen) atoms. The average molecular weight is 332 g/mol. The molecule has 1 N–H and O–H groups in total. The molecule has 112 valence electrons. The van der Waals surface area contributed by atoms with Crippen molar-refractivity contribution in [2.75, 3.05) is 5.32 Å². The van der Waals surface area contributed by atoms with Gasteiger partial charge in [0.2, 0.25) is 5.91 Å². The van der Waals surface area contributed by atoms with Gasteiger partial charge in [-0.1, -0.05) is 18.2 Å². The largest absolute Gasteiger partial charge is 0.302 e. The molecule has 3 aromatic rings. The molecule has 0 aliphatic carbocycles. The Kier molecular flexibility index (Phi) is 4.60. The zero-order valence-corrected chi connectivity index (χ0v) is 13.2. The molecule has 0 radical (unpaired) electrons. The lowest BCUT2D eigenvalue weighted by Crippen LogP contribution is -2.13. The van der Waals surface area contributed by atoms with Crippen LogP contribution in [0.1, 0.15) is 15.3 Å². The Morgan fingerprint density at radius 2 is 2.00 bits per heavy atom. The first-order chi connectivity index (χ1) is 10.7. The Balaban J connectivity index is 1.58. The van der Waals surface area contributed by atoms with Crippen molar-refractivity contribution in [3.63, 3.8) is 0 Å². The van der Waals surface area contributed by atoms with E-state index in [1.165, 1.54) is 23.5 Å². The van der Waals surface area contributed by atoms with E-state index in [1.807, 2.05) is 17.5 Å². The number of halogens is 1. The number of nitrogens with one attached hydrogen (secondary N) is 1. The third-order valence-electron chi connectivity index (χ3n) is 3.01. The number of amides is 1. The van der Waals surface area contributed by atoms with Gasteiger partial charge in [-0.05, 0) is 29.1 Å². The topological polar surface area (TPSA) is 42.0 Å². The van der Waals surface area contributed by atoms with Gasteiger partial charge in [-0.25, -0.2) is 9.37 Å². The van der Waals surface area contributed by atoms with Gasteiger partial charge in [0, 0.05) is 22.4 Å². The molecule has 2 aromatic heterocycles. The number of carbonyl (C=O) groups is 1. The number of rotatable bonds is 5. The van der Waals surface area contributed by atoms with E-state index in [0.717, 1.165) is 15.3 Å². The minimum atomic E-state index is -0.241. The third kappa shape index (κ3) is 3.99. The highest BCUT2D eigenvalue weighted by Gasteiger charge is 2.08. The monoisotopic (exact) mass is 332 g/mol. The van der Waals surface area contributed by atoms with Gasteiger partial charge in [0.15, 0.2) is 5.13 Å². The lowest BCUT2D eigenvalue weighted by Gasteiger charge is -1.99. The van der Waals surface area contributed by atoms with Gasteiger partial charge < -0.3 is 5.32 Å². The number of benzene rings is 1. The highest BCUT2D eigenvalue weighted by molar-refractivity contribution is 7.15.